The van der Waals surface area contributed by atoms with Crippen LogP contribution in [-0.2, 0) is 4.74 Å². The third-order valence-electron chi connectivity index (χ3n) is 4.36. The van der Waals surface area contributed by atoms with Gasteiger partial charge in [0.05, 0.1) is 22.6 Å². The van der Waals surface area contributed by atoms with Crippen molar-refractivity contribution < 1.29 is 19.2 Å². The second kappa shape index (κ2) is 8.22. The van der Waals surface area contributed by atoms with Gasteiger partial charge in [-0.1, -0.05) is 11.6 Å². The molecule has 0 atom stereocenters. The van der Waals surface area contributed by atoms with Gasteiger partial charge in [0.1, 0.15) is 11.9 Å². The first-order valence-electron chi connectivity index (χ1n) is 8.38. The minimum absolute atomic E-state index is 0.0975. The molecule has 2 aromatic rings. The number of nitrogens with zero attached hydrogens (tertiary/aromatic N) is 3. The standard InChI is InChI=1S/C18H18ClN3O5/c1-26-16-4-2-12(10-15(16)22(24)25)18(23)27-14-6-8-21(9-7-14)17-5-3-13(19)11-20-17/h2-5,10-11,14H,6-9H2,1H3. The second-order valence-electron chi connectivity index (χ2n) is 6.07. The average Bonchev–Trinajstić information content (AvgIpc) is 2.68. The molecular formula is C18H18ClN3O5. The topological polar surface area (TPSA) is 94.8 Å². The monoisotopic (exact) mass is 391 g/mol. The molecule has 1 aliphatic heterocycles. The van der Waals surface area contributed by atoms with E-state index in [1.807, 2.05) is 6.07 Å². The van der Waals surface area contributed by atoms with Crippen LogP contribution in [0.4, 0.5) is 11.5 Å². The van der Waals surface area contributed by atoms with Gasteiger partial charge >= 0.3 is 11.7 Å². The van der Waals surface area contributed by atoms with Crippen LogP contribution in [0.1, 0.15) is 23.2 Å². The fraction of sp³-hybridized carbons (Fsp3) is 0.333. The summed E-state index contributed by atoms with van der Waals surface area (Å²) in [7, 11) is 1.34. The average molecular weight is 392 g/mol. The Morgan fingerprint density at radius 3 is 2.63 bits per heavy atom. The maximum atomic E-state index is 12.4. The number of hydrogen-bond acceptors (Lipinski definition) is 7. The molecule has 1 saturated heterocycles. The number of methoxy groups -OCH3 is 1. The highest BCUT2D eigenvalue weighted by atomic mass is 35.5. The van der Waals surface area contributed by atoms with Crippen LogP contribution >= 0.6 is 11.6 Å². The van der Waals surface area contributed by atoms with E-state index in [0.29, 0.717) is 31.0 Å². The Balaban J connectivity index is 1.60. The summed E-state index contributed by atoms with van der Waals surface area (Å²) >= 11 is 5.85. The number of ether oxygens (including phenoxy) is 2. The van der Waals surface area contributed by atoms with Crippen molar-refractivity contribution in [2.45, 2.75) is 18.9 Å². The Bertz CT molecular complexity index is 835. The lowest BCUT2D eigenvalue weighted by Crippen LogP contribution is -2.38. The zero-order valence-electron chi connectivity index (χ0n) is 14.6. The number of pyridine rings is 1. The Morgan fingerprint density at radius 2 is 2.04 bits per heavy atom. The number of nitro groups is 1. The van der Waals surface area contributed by atoms with Gasteiger partial charge in [0, 0.05) is 38.2 Å². The fourth-order valence-electron chi connectivity index (χ4n) is 2.94. The van der Waals surface area contributed by atoms with Crippen molar-refractivity contribution in [1.29, 1.82) is 0 Å². The Morgan fingerprint density at radius 1 is 1.30 bits per heavy atom. The molecule has 0 bridgehead atoms. The van der Waals surface area contributed by atoms with Gasteiger partial charge in [0.15, 0.2) is 5.75 Å². The molecule has 1 aromatic heterocycles. The molecule has 1 aromatic carbocycles. The van der Waals surface area contributed by atoms with E-state index in [9.17, 15) is 14.9 Å². The molecule has 3 rings (SSSR count). The number of hydrogen-bond donors (Lipinski definition) is 0. The Labute approximate surface area is 160 Å². The van der Waals surface area contributed by atoms with Crippen molar-refractivity contribution in [1.82, 2.24) is 4.98 Å². The summed E-state index contributed by atoms with van der Waals surface area (Å²) in [5.74, 6) is 0.346. The van der Waals surface area contributed by atoms with Crippen molar-refractivity contribution in [2.24, 2.45) is 0 Å². The number of piperidine rings is 1. The number of aromatic nitrogens is 1. The van der Waals surface area contributed by atoms with E-state index in [0.717, 1.165) is 5.82 Å². The summed E-state index contributed by atoms with van der Waals surface area (Å²) in [5.41, 5.74) is -0.139. The predicted molar refractivity (Wildman–Crippen MR) is 99.5 cm³/mol. The number of carbonyl (C=O) groups excluding carboxylic acids is 1. The van der Waals surface area contributed by atoms with Gasteiger partial charge in [-0.15, -0.1) is 0 Å². The van der Waals surface area contributed by atoms with Gasteiger partial charge in [-0.05, 0) is 24.3 Å². The zero-order chi connectivity index (χ0) is 19.4. The van der Waals surface area contributed by atoms with Crippen molar-refractivity contribution in [3.8, 4) is 5.75 Å². The van der Waals surface area contributed by atoms with E-state index >= 15 is 0 Å². The number of nitro benzene ring substituents is 1. The molecule has 0 radical (unpaired) electrons. The van der Waals surface area contributed by atoms with E-state index < -0.39 is 10.9 Å². The number of anilines is 1. The smallest absolute Gasteiger partial charge is 0.338 e. The maximum absolute atomic E-state index is 12.4. The van der Waals surface area contributed by atoms with E-state index in [4.69, 9.17) is 21.1 Å². The van der Waals surface area contributed by atoms with E-state index in [2.05, 4.69) is 9.88 Å². The van der Waals surface area contributed by atoms with Gasteiger partial charge in [-0.3, -0.25) is 10.1 Å². The lowest BCUT2D eigenvalue weighted by atomic mass is 10.1. The summed E-state index contributed by atoms with van der Waals surface area (Å²) in [4.78, 5) is 29.2. The van der Waals surface area contributed by atoms with Crippen molar-refractivity contribution in [2.75, 3.05) is 25.1 Å². The molecule has 0 unspecified atom stereocenters. The molecule has 2 heterocycles. The van der Waals surface area contributed by atoms with Crippen LogP contribution in [0.15, 0.2) is 36.5 Å². The molecule has 0 saturated carbocycles. The van der Waals surface area contributed by atoms with Gasteiger partial charge in [-0.25, -0.2) is 9.78 Å². The van der Waals surface area contributed by atoms with Gasteiger partial charge in [-0.2, -0.15) is 0 Å². The van der Waals surface area contributed by atoms with Gasteiger partial charge in [0.2, 0.25) is 0 Å². The predicted octanol–water partition coefficient (Wildman–Crippen LogP) is 3.48. The van der Waals surface area contributed by atoms with Crippen LogP contribution in [0.2, 0.25) is 5.02 Å². The minimum Gasteiger partial charge on any atom is -0.490 e. The van der Waals surface area contributed by atoms with Gasteiger partial charge in [0.25, 0.3) is 0 Å². The quantitative estimate of drug-likeness (QED) is 0.437. The first-order chi connectivity index (χ1) is 13.0. The summed E-state index contributed by atoms with van der Waals surface area (Å²) in [6.45, 7) is 1.38. The molecule has 0 N–H and O–H groups in total. The van der Waals surface area contributed by atoms with Crippen molar-refractivity contribution >= 4 is 29.1 Å². The largest absolute Gasteiger partial charge is 0.490 e. The molecular weight excluding hydrogens is 374 g/mol. The molecule has 0 aliphatic carbocycles. The second-order valence-corrected chi connectivity index (χ2v) is 6.51. The molecule has 0 spiro atoms. The Kier molecular flexibility index (Phi) is 5.75. The molecule has 9 heteroatoms. The fourth-order valence-corrected chi connectivity index (χ4v) is 3.05. The third-order valence-corrected chi connectivity index (χ3v) is 4.59. The molecule has 1 fully saturated rings. The number of halogens is 1. The minimum atomic E-state index is -0.590. The van der Waals surface area contributed by atoms with Crippen LogP contribution < -0.4 is 9.64 Å². The highest BCUT2D eigenvalue weighted by Crippen LogP contribution is 2.28. The number of carbonyl (C=O) groups is 1. The molecule has 1 aliphatic rings. The number of rotatable bonds is 5. The molecule has 142 valence electrons. The summed E-state index contributed by atoms with van der Waals surface area (Å²) in [6, 6.07) is 7.66. The lowest BCUT2D eigenvalue weighted by molar-refractivity contribution is -0.385. The van der Waals surface area contributed by atoms with E-state index in [1.165, 1.54) is 25.3 Å². The van der Waals surface area contributed by atoms with Crippen LogP contribution in [-0.4, -0.2) is 42.2 Å². The summed E-state index contributed by atoms with van der Waals surface area (Å²) in [5, 5.41) is 11.7. The highest BCUT2D eigenvalue weighted by Gasteiger charge is 2.25. The third kappa shape index (κ3) is 4.46. The number of esters is 1. The van der Waals surface area contributed by atoms with E-state index in [-0.39, 0.29) is 23.1 Å². The van der Waals surface area contributed by atoms with Gasteiger partial charge < -0.3 is 14.4 Å². The zero-order valence-corrected chi connectivity index (χ0v) is 15.4. The van der Waals surface area contributed by atoms with Crippen LogP contribution in [0.25, 0.3) is 0 Å². The summed E-state index contributed by atoms with van der Waals surface area (Å²) < 4.78 is 10.5. The maximum Gasteiger partial charge on any atom is 0.338 e. The highest BCUT2D eigenvalue weighted by molar-refractivity contribution is 6.30. The van der Waals surface area contributed by atoms with Crippen LogP contribution in [0.5, 0.6) is 5.75 Å². The molecule has 0 amide bonds. The van der Waals surface area contributed by atoms with Crippen LogP contribution in [0.3, 0.4) is 0 Å². The first kappa shape index (κ1) is 18.9. The van der Waals surface area contributed by atoms with E-state index in [1.54, 1.807) is 12.3 Å². The summed E-state index contributed by atoms with van der Waals surface area (Å²) in [6.07, 6.45) is 2.64. The normalized spacial score (nSPS) is 14.7. The van der Waals surface area contributed by atoms with Crippen LogP contribution in [0, 0.1) is 10.1 Å². The SMILES string of the molecule is COc1ccc(C(=O)OC2CCN(c3ccc(Cl)cn3)CC2)cc1[N+](=O)[O-]. The van der Waals surface area contributed by atoms with Crippen molar-refractivity contribution in [3.63, 3.8) is 0 Å². The lowest BCUT2D eigenvalue weighted by Gasteiger charge is -2.32. The Hall–Kier alpha value is -2.87. The molecule has 27 heavy (non-hydrogen) atoms. The van der Waals surface area contributed by atoms with Crippen molar-refractivity contribution in [3.05, 3.63) is 57.2 Å². The first-order valence-corrected chi connectivity index (χ1v) is 8.75. The number of benzene rings is 1. The molecule has 8 nitrogen and oxygen atoms in total.